The molecule has 254 valence electrons. The van der Waals surface area contributed by atoms with Crippen molar-refractivity contribution in [1.82, 2.24) is 19.6 Å². The van der Waals surface area contributed by atoms with Gasteiger partial charge < -0.3 is 0 Å². The summed E-state index contributed by atoms with van der Waals surface area (Å²) in [5.74, 6) is 0. The molecule has 4 aromatic carbocycles. The first-order valence-electron chi connectivity index (χ1n) is 18.3. The standard InChI is InChI=1S/C43H55BrN4/c1-45(30-36-18-6-2-7-19-36)40-26-14-15-27-41(40)47(32-38-22-10-4-11-23-38)35-48(33-39-24-12-5-13-25-39)43-29-17-16-28-42(43)46(34-44)31-37-20-8-3-9-21-37/h2-13,18-25,40-43H,14-17,26-35H2,1H3. The summed E-state index contributed by atoms with van der Waals surface area (Å²) in [7, 11) is 2.37. The molecule has 2 fully saturated rings. The van der Waals surface area contributed by atoms with E-state index in [0.717, 1.165) is 38.3 Å². The van der Waals surface area contributed by atoms with Crippen molar-refractivity contribution in [3.05, 3.63) is 144 Å². The van der Waals surface area contributed by atoms with Crippen molar-refractivity contribution in [3.8, 4) is 0 Å². The number of likely N-dealkylation sites (N-methyl/N-ethyl adjacent to an activating group) is 1. The van der Waals surface area contributed by atoms with Crippen LogP contribution in [0.15, 0.2) is 121 Å². The van der Waals surface area contributed by atoms with Gasteiger partial charge in [-0.25, -0.2) is 0 Å². The van der Waals surface area contributed by atoms with Crippen LogP contribution in [0, 0.1) is 0 Å². The fourth-order valence-electron chi connectivity index (χ4n) is 8.44. The minimum absolute atomic E-state index is 0.489. The fourth-order valence-corrected chi connectivity index (χ4v) is 8.99. The van der Waals surface area contributed by atoms with E-state index in [9.17, 15) is 0 Å². The molecule has 5 heteroatoms. The predicted octanol–water partition coefficient (Wildman–Crippen LogP) is 9.56. The Kier molecular flexibility index (Phi) is 13.3. The molecule has 0 amide bonds. The maximum absolute atomic E-state index is 3.95. The summed E-state index contributed by atoms with van der Waals surface area (Å²) >= 11 is 3.95. The predicted molar refractivity (Wildman–Crippen MR) is 205 cm³/mol. The Morgan fingerprint density at radius 2 is 0.750 bits per heavy atom. The van der Waals surface area contributed by atoms with Gasteiger partial charge in [0.1, 0.15) is 0 Å². The molecule has 0 radical (unpaired) electrons. The van der Waals surface area contributed by atoms with Crippen molar-refractivity contribution in [2.45, 2.75) is 102 Å². The molecule has 0 saturated heterocycles. The second-order valence-electron chi connectivity index (χ2n) is 14.2. The maximum Gasteiger partial charge on any atom is 0.0549 e. The van der Waals surface area contributed by atoms with E-state index in [4.69, 9.17) is 0 Å². The lowest BCUT2D eigenvalue weighted by molar-refractivity contribution is -0.0274. The zero-order chi connectivity index (χ0) is 33.0. The Bertz CT molecular complexity index is 1450. The van der Waals surface area contributed by atoms with Crippen LogP contribution in [0.2, 0.25) is 0 Å². The number of halogens is 1. The van der Waals surface area contributed by atoms with Crippen molar-refractivity contribution >= 4 is 15.9 Å². The molecule has 4 atom stereocenters. The average molecular weight is 708 g/mol. The number of rotatable bonds is 15. The van der Waals surface area contributed by atoms with E-state index in [1.807, 2.05) is 0 Å². The van der Waals surface area contributed by atoms with E-state index in [2.05, 4.69) is 164 Å². The fraction of sp³-hybridized carbons (Fsp3) is 0.442. The van der Waals surface area contributed by atoms with Crippen LogP contribution >= 0.6 is 15.9 Å². The third-order valence-electron chi connectivity index (χ3n) is 10.8. The molecule has 0 bridgehead atoms. The minimum atomic E-state index is 0.489. The molecule has 0 aromatic heterocycles. The highest BCUT2D eigenvalue weighted by molar-refractivity contribution is 9.09. The highest BCUT2D eigenvalue weighted by Crippen LogP contribution is 2.33. The molecular weight excluding hydrogens is 652 g/mol. The van der Waals surface area contributed by atoms with Crippen molar-refractivity contribution in [2.24, 2.45) is 0 Å². The van der Waals surface area contributed by atoms with Crippen molar-refractivity contribution in [3.63, 3.8) is 0 Å². The van der Waals surface area contributed by atoms with Crippen LogP contribution in [0.4, 0.5) is 0 Å². The molecule has 0 N–H and O–H groups in total. The summed E-state index contributed by atoms with van der Waals surface area (Å²) in [6.45, 7) is 4.92. The molecule has 2 aliphatic rings. The van der Waals surface area contributed by atoms with Gasteiger partial charge in [0.25, 0.3) is 0 Å². The molecule has 2 saturated carbocycles. The zero-order valence-electron chi connectivity index (χ0n) is 28.9. The average Bonchev–Trinajstić information content (AvgIpc) is 3.15. The summed E-state index contributed by atoms with van der Waals surface area (Å²) in [6.07, 6.45) is 10.3. The first-order valence-corrected chi connectivity index (χ1v) is 19.4. The van der Waals surface area contributed by atoms with Gasteiger partial charge in [-0.2, -0.15) is 0 Å². The molecule has 0 spiro atoms. The maximum atomic E-state index is 3.95. The van der Waals surface area contributed by atoms with Crippen LogP contribution in [0.5, 0.6) is 0 Å². The van der Waals surface area contributed by atoms with E-state index >= 15 is 0 Å². The smallest absolute Gasteiger partial charge is 0.0549 e. The van der Waals surface area contributed by atoms with E-state index < -0.39 is 0 Å². The Hall–Kier alpha value is -2.80. The first kappa shape index (κ1) is 35.0. The molecule has 4 aromatic rings. The highest BCUT2D eigenvalue weighted by atomic mass is 79.9. The topological polar surface area (TPSA) is 13.0 Å². The van der Waals surface area contributed by atoms with Crippen LogP contribution in [0.1, 0.15) is 73.6 Å². The lowest BCUT2D eigenvalue weighted by Gasteiger charge is -2.49. The Morgan fingerprint density at radius 1 is 0.438 bits per heavy atom. The van der Waals surface area contributed by atoms with Gasteiger partial charge in [0, 0.05) is 50.3 Å². The number of hydrogen-bond donors (Lipinski definition) is 0. The normalized spacial score (nSPS) is 21.7. The zero-order valence-corrected chi connectivity index (χ0v) is 30.5. The molecule has 4 unspecified atom stereocenters. The van der Waals surface area contributed by atoms with Crippen LogP contribution in [-0.2, 0) is 26.2 Å². The van der Waals surface area contributed by atoms with Crippen molar-refractivity contribution in [1.29, 1.82) is 0 Å². The monoisotopic (exact) mass is 706 g/mol. The largest absolute Gasteiger partial charge is 0.298 e. The highest BCUT2D eigenvalue weighted by Gasteiger charge is 2.38. The van der Waals surface area contributed by atoms with Gasteiger partial charge in [-0.3, -0.25) is 19.6 Å². The number of hydrogen-bond acceptors (Lipinski definition) is 4. The summed E-state index contributed by atoms with van der Waals surface area (Å²) in [6, 6.07) is 46.6. The summed E-state index contributed by atoms with van der Waals surface area (Å²) in [5, 5.41) is 0. The van der Waals surface area contributed by atoms with E-state index in [1.165, 1.54) is 73.6 Å². The van der Waals surface area contributed by atoms with Gasteiger partial charge in [-0.15, -0.1) is 0 Å². The van der Waals surface area contributed by atoms with Gasteiger partial charge in [-0.1, -0.05) is 163 Å². The van der Waals surface area contributed by atoms with Gasteiger partial charge in [-0.05, 0) is 55.0 Å². The third-order valence-corrected chi connectivity index (χ3v) is 11.5. The Morgan fingerprint density at radius 3 is 1.15 bits per heavy atom. The molecule has 48 heavy (non-hydrogen) atoms. The van der Waals surface area contributed by atoms with E-state index in [1.54, 1.807) is 0 Å². The molecule has 0 heterocycles. The van der Waals surface area contributed by atoms with Crippen LogP contribution in [-0.4, -0.2) is 62.9 Å². The lowest BCUT2D eigenvalue weighted by atomic mass is 9.86. The second kappa shape index (κ2) is 18.3. The van der Waals surface area contributed by atoms with Crippen LogP contribution in [0.3, 0.4) is 0 Å². The SMILES string of the molecule is CN(Cc1ccccc1)C1CCCCC1N(Cc1ccccc1)CN(Cc1ccccc1)C1CCCCC1N(CBr)Cc1ccccc1. The molecule has 4 nitrogen and oxygen atoms in total. The van der Waals surface area contributed by atoms with Crippen LogP contribution < -0.4 is 0 Å². The number of alkyl halides is 1. The van der Waals surface area contributed by atoms with Gasteiger partial charge >= 0.3 is 0 Å². The Balaban J connectivity index is 1.32. The molecule has 2 aliphatic carbocycles. The number of nitrogens with zero attached hydrogens (tertiary/aromatic N) is 4. The first-order chi connectivity index (χ1) is 23.7. The third kappa shape index (κ3) is 9.67. The second-order valence-corrected chi connectivity index (χ2v) is 14.7. The van der Waals surface area contributed by atoms with Crippen molar-refractivity contribution < 1.29 is 0 Å². The summed E-state index contributed by atoms with van der Waals surface area (Å²) < 4.78 is 0. The van der Waals surface area contributed by atoms with Gasteiger partial charge in [0.05, 0.1) is 12.1 Å². The van der Waals surface area contributed by atoms with Crippen molar-refractivity contribution in [2.75, 3.05) is 19.2 Å². The van der Waals surface area contributed by atoms with Crippen LogP contribution in [0.25, 0.3) is 0 Å². The minimum Gasteiger partial charge on any atom is -0.298 e. The summed E-state index contributed by atoms with van der Waals surface area (Å²) in [4.78, 5) is 11.1. The Labute approximate surface area is 298 Å². The lowest BCUT2D eigenvalue weighted by Crippen LogP contribution is -2.58. The molecular formula is C43H55BrN4. The molecule has 6 rings (SSSR count). The summed E-state index contributed by atoms with van der Waals surface area (Å²) in [5.41, 5.74) is 6.52. The van der Waals surface area contributed by atoms with E-state index in [-0.39, 0.29) is 0 Å². The number of benzene rings is 4. The molecule has 0 aliphatic heterocycles. The van der Waals surface area contributed by atoms with Gasteiger partial charge in [0.15, 0.2) is 0 Å². The quantitative estimate of drug-likeness (QED) is 0.0694. The van der Waals surface area contributed by atoms with E-state index in [0.29, 0.717) is 24.2 Å². The van der Waals surface area contributed by atoms with Gasteiger partial charge in [0.2, 0.25) is 0 Å².